The maximum absolute atomic E-state index is 12.3. The van der Waals surface area contributed by atoms with Crippen molar-refractivity contribution in [3.8, 4) is 0 Å². The average Bonchev–Trinajstić information content (AvgIpc) is 2.90. The van der Waals surface area contributed by atoms with Crippen molar-refractivity contribution in [3.63, 3.8) is 0 Å². The van der Waals surface area contributed by atoms with Crippen molar-refractivity contribution >= 4 is 27.5 Å². The highest BCUT2D eigenvalue weighted by Crippen LogP contribution is 2.15. The summed E-state index contributed by atoms with van der Waals surface area (Å²) in [7, 11) is 0. The molecule has 0 radical (unpaired) electrons. The Balaban J connectivity index is 1.91. The molecule has 2 rings (SSSR count). The summed E-state index contributed by atoms with van der Waals surface area (Å²) in [5.41, 5.74) is -0.0837. The molecule has 1 aromatic carbocycles. The monoisotopic (exact) mass is 349 g/mol. The SMILES string of the molecule is CCCCN(CCCC)CNC(=O)Cn1sc2ccccc2c1=O. The first-order valence-electron chi connectivity index (χ1n) is 8.73. The zero-order chi connectivity index (χ0) is 17.4. The van der Waals surface area contributed by atoms with Crippen molar-refractivity contribution in [2.45, 2.75) is 46.1 Å². The topological polar surface area (TPSA) is 54.3 Å². The lowest BCUT2D eigenvalue weighted by Gasteiger charge is -2.22. The molecule has 0 bridgehead atoms. The number of benzene rings is 1. The standard InChI is InChI=1S/C18H27N3O2S/c1-3-5-11-20(12-6-4-2)14-19-17(22)13-21-18(23)15-9-7-8-10-16(15)24-21/h7-10H,3-6,11-14H2,1-2H3,(H,19,22). The zero-order valence-electron chi connectivity index (χ0n) is 14.6. The lowest BCUT2D eigenvalue weighted by molar-refractivity contribution is -0.122. The molecule has 132 valence electrons. The van der Waals surface area contributed by atoms with Crippen LogP contribution in [0.2, 0.25) is 0 Å². The van der Waals surface area contributed by atoms with E-state index in [9.17, 15) is 9.59 Å². The van der Waals surface area contributed by atoms with Crippen LogP contribution >= 0.6 is 11.5 Å². The number of carbonyl (C=O) groups excluding carboxylic acids is 1. The first kappa shape index (κ1) is 18.7. The Morgan fingerprint density at radius 3 is 2.46 bits per heavy atom. The molecule has 0 aliphatic carbocycles. The molecule has 2 aromatic rings. The first-order valence-corrected chi connectivity index (χ1v) is 9.51. The normalized spacial score (nSPS) is 11.3. The maximum atomic E-state index is 12.3. The van der Waals surface area contributed by atoms with E-state index in [0.29, 0.717) is 12.1 Å². The van der Waals surface area contributed by atoms with Gasteiger partial charge in [-0.05, 0) is 38.1 Å². The molecule has 0 saturated heterocycles. The van der Waals surface area contributed by atoms with E-state index in [1.165, 1.54) is 15.5 Å². The number of aromatic nitrogens is 1. The number of hydrogen-bond acceptors (Lipinski definition) is 4. The van der Waals surface area contributed by atoms with Crippen molar-refractivity contribution in [1.29, 1.82) is 0 Å². The van der Waals surface area contributed by atoms with Crippen LogP contribution in [0.4, 0.5) is 0 Å². The van der Waals surface area contributed by atoms with Crippen LogP contribution in [0.3, 0.4) is 0 Å². The van der Waals surface area contributed by atoms with Gasteiger partial charge in [0.15, 0.2) is 0 Å². The number of rotatable bonds is 10. The van der Waals surface area contributed by atoms with E-state index in [-0.39, 0.29) is 18.0 Å². The molecule has 1 aromatic heterocycles. The molecule has 0 unspecified atom stereocenters. The van der Waals surface area contributed by atoms with Gasteiger partial charge in [0, 0.05) is 0 Å². The van der Waals surface area contributed by atoms with E-state index in [4.69, 9.17) is 0 Å². The van der Waals surface area contributed by atoms with Gasteiger partial charge >= 0.3 is 0 Å². The Hall–Kier alpha value is -1.66. The fraction of sp³-hybridized carbons (Fsp3) is 0.556. The maximum Gasteiger partial charge on any atom is 0.268 e. The molecule has 0 fully saturated rings. The van der Waals surface area contributed by atoms with Crippen LogP contribution in [0.25, 0.3) is 10.1 Å². The molecular weight excluding hydrogens is 322 g/mol. The highest BCUT2D eigenvalue weighted by molar-refractivity contribution is 7.13. The summed E-state index contributed by atoms with van der Waals surface area (Å²) >= 11 is 1.34. The molecule has 0 atom stereocenters. The third-order valence-electron chi connectivity index (χ3n) is 4.00. The number of nitrogens with one attached hydrogen (secondary N) is 1. The second-order valence-corrected chi connectivity index (χ2v) is 7.08. The van der Waals surface area contributed by atoms with Gasteiger partial charge < -0.3 is 5.32 Å². The first-order chi connectivity index (χ1) is 11.7. The van der Waals surface area contributed by atoms with Crippen LogP contribution < -0.4 is 10.9 Å². The van der Waals surface area contributed by atoms with E-state index >= 15 is 0 Å². The predicted octanol–water partition coefficient (Wildman–Crippen LogP) is 3.04. The van der Waals surface area contributed by atoms with Gasteiger partial charge in [-0.2, -0.15) is 0 Å². The summed E-state index contributed by atoms with van der Waals surface area (Å²) in [6.07, 6.45) is 4.56. The molecule has 1 amide bonds. The van der Waals surface area contributed by atoms with Gasteiger partial charge in [0.1, 0.15) is 6.54 Å². The Morgan fingerprint density at radius 2 is 1.83 bits per heavy atom. The summed E-state index contributed by atoms with van der Waals surface area (Å²) in [6.45, 7) is 6.99. The van der Waals surface area contributed by atoms with E-state index in [0.717, 1.165) is 43.5 Å². The second-order valence-electron chi connectivity index (χ2n) is 6.01. The Morgan fingerprint density at radius 1 is 1.17 bits per heavy atom. The summed E-state index contributed by atoms with van der Waals surface area (Å²) in [5.74, 6) is -0.110. The molecule has 1 heterocycles. The van der Waals surface area contributed by atoms with E-state index in [1.54, 1.807) is 6.07 Å². The Labute approximate surface area is 147 Å². The highest BCUT2D eigenvalue weighted by Gasteiger charge is 2.11. The number of amides is 1. The second kappa shape index (κ2) is 9.59. The van der Waals surface area contributed by atoms with Crippen molar-refractivity contribution in [2.75, 3.05) is 19.8 Å². The highest BCUT2D eigenvalue weighted by atomic mass is 32.1. The molecule has 0 aliphatic rings. The fourth-order valence-corrected chi connectivity index (χ4v) is 3.53. The number of carbonyl (C=O) groups is 1. The van der Waals surface area contributed by atoms with Gasteiger partial charge in [-0.1, -0.05) is 50.4 Å². The smallest absolute Gasteiger partial charge is 0.268 e. The van der Waals surface area contributed by atoms with Gasteiger partial charge in [0.05, 0.1) is 16.8 Å². The molecular formula is C18H27N3O2S. The minimum absolute atomic E-state index is 0.0837. The van der Waals surface area contributed by atoms with E-state index < -0.39 is 0 Å². The molecule has 24 heavy (non-hydrogen) atoms. The number of fused-ring (bicyclic) bond motifs is 1. The summed E-state index contributed by atoms with van der Waals surface area (Å²) in [4.78, 5) is 26.7. The minimum Gasteiger partial charge on any atom is -0.342 e. The van der Waals surface area contributed by atoms with E-state index in [1.807, 2.05) is 18.2 Å². The third-order valence-corrected chi connectivity index (χ3v) is 5.06. The summed E-state index contributed by atoms with van der Waals surface area (Å²) in [6, 6.07) is 7.47. The zero-order valence-corrected chi connectivity index (χ0v) is 15.4. The van der Waals surface area contributed by atoms with Gasteiger partial charge in [-0.3, -0.25) is 18.4 Å². The number of nitrogens with zero attached hydrogens (tertiary/aromatic N) is 2. The van der Waals surface area contributed by atoms with Crippen LogP contribution in [-0.2, 0) is 11.3 Å². The van der Waals surface area contributed by atoms with E-state index in [2.05, 4.69) is 24.1 Å². The molecule has 1 N–H and O–H groups in total. The van der Waals surface area contributed by atoms with Crippen LogP contribution in [-0.4, -0.2) is 34.5 Å². The molecule has 0 aliphatic heterocycles. The minimum atomic E-state index is -0.110. The molecule has 6 heteroatoms. The summed E-state index contributed by atoms with van der Waals surface area (Å²) in [5, 5.41) is 3.64. The van der Waals surface area contributed by atoms with Gasteiger partial charge in [-0.25, -0.2) is 0 Å². The quantitative estimate of drug-likeness (QED) is 0.671. The van der Waals surface area contributed by atoms with Crippen LogP contribution in [0.5, 0.6) is 0 Å². The summed E-state index contributed by atoms with van der Waals surface area (Å²) < 4.78 is 2.45. The third kappa shape index (κ3) is 5.18. The van der Waals surface area contributed by atoms with Crippen LogP contribution in [0, 0.1) is 0 Å². The lowest BCUT2D eigenvalue weighted by Crippen LogP contribution is -2.40. The fourth-order valence-electron chi connectivity index (χ4n) is 2.54. The van der Waals surface area contributed by atoms with Crippen molar-refractivity contribution in [1.82, 2.24) is 14.2 Å². The van der Waals surface area contributed by atoms with Gasteiger partial charge in [0.25, 0.3) is 5.56 Å². The lowest BCUT2D eigenvalue weighted by atomic mass is 10.3. The molecule has 0 spiro atoms. The number of unbranched alkanes of at least 4 members (excludes halogenated alkanes) is 2. The van der Waals surface area contributed by atoms with Crippen LogP contribution in [0.1, 0.15) is 39.5 Å². The van der Waals surface area contributed by atoms with Crippen molar-refractivity contribution in [2.24, 2.45) is 0 Å². The average molecular weight is 350 g/mol. The van der Waals surface area contributed by atoms with Crippen LogP contribution in [0.15, 0.2) is 29.1 Å². The molecule has 5 nitrogen and oxygen atoms in total. The Kier molecular flexibility index (Phi) is 7.46. The van der Waals surface area contributed by atoms with Crippen molar-refractivity contribution < 1.29 is 4.79 Å². The Bertz CT molecular complexity index is 700. The van der Waals surface area contributed by atoms with Crippen molar-refractivity contribution in [3.05, 3.63) is 34.6 Å². The largest absolute Gasteiger partial charge is 0.342 e. The number of hydrogen-bond donors (Lipinski definition) is 1. The van der Waals surface area contributed by atoms with Gasteiger partial charge in [0.2, 0.25) is 5.91 Å². The molecule has 0 saturated carbocycles. The predicted molar refractivity (Wildman–Crippen MR) is 100 cm³/mol. The van der Waals surface area contributed by atoms with Gasteiger partial charge in [-0.15, -0.1) is 0 Å².